The first kappa shape index (κ1) is 18.1. The van der Waals surface area contributed by atoms with Gasteiger partial charge in [-0.1, -0.05) is 17.3 Å². The number of likely N-dealkylation sites (N-methyl/N-ethyl adjacent to an activating group) is 1. The molecule has 0 atom stereocenters. The number of hydrogen-bond donors (Lipinski definition) is 1. The van der Waals surface area contributed by atoms with E-state index in [0.29, 0.717) is 18.8 Å². The van der Waals surface area contributed by atoms with Crippen LogP contribution in [0.15, 0.2) is 48.5 Å². The summed E-state index contributed by atoms with van der Waals surface area (Å²) in [4.78, 5) is 28.6. The Hall–Kier alpha value is -3.26. The van der Waals surface area contributed by atoms with Crippen LogP contribution in [0.5, 0.6) is 0 Å². The predicted octanol–water partition coefficient (Wildman–Crippen LogP) is 1.52. The Morgan fingerprint density at radius 1 is 0.964 bits per heavy atom. The van der Waals surface area contributed by atoms with Gasteiger partial charge in [-0.05, 0) is 56.4 Å². The Bertz CT molecular complexity index is 997. The number of anilines is 1. The second kappa shape index (κ2) is 7.77. The zero-order valence-electron chi connectivity index (χ0n) is 15.7. The fraction of sp³-hybridized carbons (Fsp3) is 0.300. The Labute approximate surface area is 162 Å². The highest BCUT2D eigenvalue weighted by molar-refractivity contribution is 6.39. The van der Waals surface area contributed by atoms with E-state index in [1.54, 1.807) is 21.7 Å². The number of hydrogen-bond acceptors (Lipinski definition) is 5. The van der Waals surface area contributed by atoms with Gasteiger partial charge in [0.05, 0.1) is 11.2 Å². The molecule has 0 radical (unpaired) electrons. The van der Waals surface area contributed by atoms with E-state index in [4.69, 9.17) is 0 Å². The molecule has 1 fully saturated rings. The molecule has 0 spiro atoms. The van der Waals surface area contributed by atoms with Gasteiger partial charge in [0.15, 0.2) is 0 Å². The van der Waals surface area contributed by atoms with Crippen LogP contribution in [0.1, 0.15) is 6.42 Å². The van der Waals surface area contributed by atoms with Gasteiger partial charge in [-0.2, -0.15) is 0 Å². The zero-order valence-corrected chi connectivity index (χ0v) is 15.7. The number of aromatic nitrogens is 3. The van der Waals surface area contributed by atoms with Gasteiger partial charge in [0, 0.05) is 25.3 Å². The van der Waals surface area contributed by atoms with E-state index in [2.05, 4.69) is 20.5 Å². The second-order valence-electron chi connectivity index (χ2n) is 6.94. The van der Waals surface area contributed by atoms with Crippen molar-refractivity contribution in [3.05, 3.63) is 48.5 Å². The highest BCUT2D eigenvalue weighted by Gasteiger charge is 2.23. The van der Waals surface area contributed by atoms with E-state index >= 15 is 0 Å². The first-order valence-corrected chi connectivity index (χ1v) is 9.31. The van der Waals surface area contributed by atoms with Crippen LogP contribution in [-0.4, -0.2) is 69.8 Å². The summed E-state index contributed by atoms with van der Waals surface area (Å²) < 4.78 is 1.74. The second-order valence-corrected chi connectivity index (χ2v) is 6.94. The lowest BCUT2D eigenvalue weighted by molar-refractivity contribution is -0.143. The highest BCUT2D eigenvalue weighted by Crippen LogP contribution is 2.18. The molecule has 2 heterocycles. The minimum Gasteiger partial charge on any atom is -0.333 e. The molecule has 3 aromatic rings. The molecular weight excluding hydrogens is 356 g/mol. The summed E-state index contributed by atoms with van der Waals surface area (Å²) in [7, 11) is 2.02. The molecule has 2 aromatic carbocycles. The van der Waals surface area contributed by atoms with Gasteiger partial charge in [-0.3, -0.25) is 9.59 Å². The molecule has 4 rings (SSSR count). The number of benzene rings is 2. The van der Waals surface area contributed by atoms with Gasteiger partial charge < -0.3 is 15.1 Å². The summed E-state index contributed by atoms with van der Waals surface area (Å²) in [6.07, 6.45) is 0.871. The van der Waals surface area contributed by atoms with Crippen LogP contribution in [-0.2, 0) is 9.59 Å². The third-order valence-electron chi connectivity index (χ3n) is 4.92. The largest absolute Gasteiger partial charge is 0.333 e. The molecule has 1 aliphatic heterocycles. The monoisotopic (exact) mass is 378 g/mol. The molecule has 1 aliphatic rings. The maximum absolute atomic E-state index is 12.4. The quantitative estimate of drug-likeness (QED) is 0.684. The number of para-hydroxylation sites is 1. The van der Waals surface area contributed by atoms with E-state index in [-0.39, 0.29) is 0 Å². The summed E-state index contributed by atoms with van der Waals surface area (Å²) in [5, 5.41) is 11.0. The molecule has 1 N–H and O–H groups in total. The first-order valence-electron chi connectivity index (χ1n) is 9.31. The molecule has 28 heavy (non-hydrogen) atoms. The van der Waals surface area contributed by atoms with Crippen LogP contribution in [0, 0.1) is 0 Å². The van der Waals surface area contributed by atoms with Crippen molar-refractivity contribution >= 4 is 28.5 Å². The Balaban J connectivity index is 1.44. The number of carbonyl (C=O) groups excluding carboxylic acids is 2. The van der Waals surface area contributed by atoms with E-state index in [9.17, 15) is 9.59 Å². The summed E-state index contributed by atoms with van der Waals surface area (Å²) in [5.74, 6) is -1.09. The number of amides is 2. The molecule has 1 saturated heterocycles. The third kappa shape index (κ3) is 3.72. The number of rotatable bonds is 2. The SMILES string of the molecule is CN1CCCN(C(=O)C(=O)Nc2ccc(-n3nnc4ccccc43)cc2)CC1. The van der Waals surface area contributed by atoms with Crippen molar-refractivity contribution in [2.75, 3.05) is 38.5 Å². The predicted molar refractivity (Wildman–Crippen MR) is 106 cm³/mol. The number of carbonyl (C=O) groups is 2. The number of fused-ring (bicyclic) bond motifs is 1. The minimum atomic E-state index is -0.608. The van der Waals surface area contributed by atoms with Gasteiger partial charge in [-0.15, -0.1) is 5.10 Å². The highest BCUT2D eigenvalue weighted by atomic mass is 16.2. The summed E-state index contributed by atoms with van der Waals surface area (Å²) in [6.45, 7) is 2.89. The zero-order chi connectivity index (χ0) is 19.5. The van der Waals surface area contributed by atoms with Crippen molar-refractivity contribution in [3.8, 4) is 5.69 Å². The molecular formula is C20H22N6O2. The molecule has 144 valence electrons. The minimum absolute atomic E-state index is 0.485. The lowest BCUT2D eigenvalue weighted by Gasteiger charge is -2.19. The Morgan fingerprint density at radius 2 is 1.75 bits per heavy atom. The van der Waals surface area contributed by atoms with Gasteiger partial charge in [0.25, 0.3) is 0 Å². The van der Waals surface area contributed by atoms with Gasteiger partial charge in [0.2, 0.25) is 0 Å². The van der Waals surface area contributed by atoms with Crippen molar-refractivity contribution in [2.24, 2.45) is 0 Å². The van der Waals surface area contributed by atoms with Crippen molar-refractivity contribution in [1.29, 1.82) is 0 Å². The smallest absolute Gasteiger partial charge is 0.313 e. The molecule has 1 aromatic heterocycles. The Kier molecular flexibility index (Phi) is 5.03. The summed E-state index contributed by atoms with van der Waals surface area (Å²) in [6, 6.07) is 14.9. The van der Waals surface area contributed by atoms with Crippen LogP contribution in [0.2, 0.25) is 0 Å². The van der Waals surface area contributed by atoms with Gasteiger partial charge in [-0.25, -0.2) is 4.68 Å². The van der Waals surface area contributed by atoms with Crippen LogP contribution in [0.25, 0.3) is 16.7 Å². The van der Waals surface area contributed by atoms with Crippen molar-refractivity contribution in [2.45, 2.75) is 6.42 Å². The molecule has 2 amide bonds. The fourth-order valence-electron chi connectivity index (χ4n) is 3.32. The Morgan fingerprint density at radius 3 is 2.57 bits per heavy atom. The van der Waals surface area contributed by atoms with E-state index in [1.165, 1.54) is 0 Å². The molecule has 0 saturated carbocycles. The normalized spacial score (nSPS) is 15.4. The molecule has 0 unspecified atom stereocenters. The van der Waals surface area contributed by atoms with E-state index in [1.807, 2.05) is 43.4 Å². The number of nitrogens with one attached hydrogen (secondary N) is 1. The molecule has 0 bridgehead atoms. The summed E-state index contributed by atoms with van der Waals surface area (Å²) >= 11 is 0. The maximum atomic E-state index is 12.4. The number of nitrogens with zero attached hydrogens (tertiary/aromatic N) is 5. The van der Waals surface area contributed by atoms with Crippen LogP contribution in [0.3, 0.4) is 0 Å². The average Bonchev–Trinajstić information content (AvgIpc) is 3.02. The average molecular weight is 378 g/mol. The topological polar surface area (TPSA) is 83.4 Å². The van der Waals surface area contributed by atoms with Crippen LogP contribution < -0.4 is 5.32 Å². The lowest BCUT2D eigenvalue weighted by Crippen LogP contribution is -2.41. The van der Waals surface area contributed by atoms with Crippen molar-refractivity contribution in [3.63, 3.8) is 0 Å². The molecule has 8 nitrogen and oxygen atoms in total. The van der Waals surface area contributed by atoms with E-state index < -0.39 is 11.8 Å². The third-order valence-corrected chi connectivity index (χ3v) is 4.92. The summed E-state index contributed by atoms with van der Waals surface area (Å²) in [5.41, 5.74) is 3.11. The van der Waals surface area contributed by atoms with Crippen LogP contribution >= 0.6 is 0 Å². The van der Waals surface area contributed by atoms with Gasteiger partial charge in [0.1, 0.15) is 5.52 Å². The molecule has 0 aliphatic carbocycles. The van der Waals surface area contributed by atoms with Crippen LogP contribution in [0.4, 0.5) is 5.69 Å². The van der Waals surface area contributed by atoms with Gasteiger partial charge >= 0.3 is 11.8 Å². The fourth-order valence-corrected chi connectivity index (χ4v) is 3.32. The van der Waals surface area contributed by atoms with E-state index in [0.717, 1.165) is 36.2 Å². The lowest BCUT2D eigenvalue weighted by atomic mass is 10.2. The first-order chi connectivity index (χ1) is 13.6. The standard InChI is InChI=1S/C20H22N6O2/c1-24-11-4-12-25(14-13-24)20(28)19(27)21-15-7-9-16(10-8-15)26-18-6-3-2-5-17(18)22-23-26/h2-3,5-10H,4,11-14H2,1H3,(H,21,27). The maximum Gasteiger partial charge on any atom is 0.313 e. The van der Waals surface area contributed by atoms with Crippen molar-refractivity contribution < 1.29 is 9.59 Å². The van der Waals surface area contributed by atoms with Crippen molar-refractivity contribution in [1.82, 2.24) is 24.8 Å². The molecule has 8 heteroatoms.